The van der Waals surface area contributed by atoms with Crippen LogP contribution in [0.3, 0.4) is 0 Å². The SMILES string of the molecule is C[Si](Br)(Br)C[Si](C)(Br)Br. The molecule has 9 heavy (non-hydrogen) atoms. The Labute approximate surface area is 89.5 Å². The minimum atomic E-state index is -1.20. The highest BCUT2D eigenvalue weighted by Crippen LogP contribution is 2.36. The van der Waals surface area contributed by atoms with Gasteiger partial charge in [0, 0.05) is 0 Å². The topological polar surface area (TPSA) is 0 Å². The summed E-state index contributed by atoms with van der Waals surface area (Å²) in [6, 6.07) is 0. The number of rotatable bonds is 2. The Morgan fingerprint density at radius 2 is 1.11 bits per heavy atom. The van der Waals surface area contributed by atoms with Crippen molar-refractivity contribution in [3.63, 3.8) is 0 Å². The molecule has 0 N–H and O–H groups in total. The normalized spacial score (nSPS) is 14.0. The highest BCUT2D eigenvalue weighted by molar-refractivity contribution is 9.53. The molecule has 56 valence electrons. The minimum absolute atomic E-state index is 1.20. The van der Waals surface area contributed by atoms with E-state index in [2.05, 4.69) is 74.3 Å². The van der Waals surface area contributed by atoms with E-state index in [4.69, 9.17) is 0 Å². The Kier molecular flexibility index (Phi) is 4.85. The highest BCUT2D eigenvalue weighted by atomic mass is 79.9. The van der Waals surface area contributed by atoms with Crippen molar-refractivity contribution in [2.24, 2.45) is 0 Å². The van der Waals surface area contributed by atoms with Crippen LogP contribution in [-0.2, 0) is 0 Å². The van der Waals surface area contributed by atoms with E-state index in [1.54, 1.807) is 0 Å². The van der Waals surface area contributed by atoms with E-state index in [1.807, 2.05) is 0 Å². The Balaban J connectivity index is 3.75. The second-order valence-corrected chi connectivity index (χ2v) is 35.4. The maximum absolute atomic E-state index is 3.64. The quantitative estimate of drug-likeness (QED) is 0.463. The molecule has 0 aromatic heterocycles. The van der Waals surface area contributed by atoms with E-state index in [1.165, 1.54) is 5.67 Å². The largest absolute Gasteiger partial charge is 0.197 e. The monoisotopic (exact) mass is 416 g/mol. The van der Waals surface area contributed by atoms with Gasteiger partial charge in [-0.3, -0.25) is 0 Å². The third kappa shape index (κ3) is 10.4. The Morgan fingerprint density at radius 3 is 1.11 bits per heavy atom. The molecule has 0 aliphatic carbocycles. The maximum Gasteiger partial charge on any atom is 0.197 e. The van der Waals surface area contributed by atoms with E-state index in [9.17, 15) is 0 Å². The second kappa shape index (κ2) is 3.84. The van der Waals surface area contributed by atoms with Gasteiger partial charge in [0.2, 0.25) is 0 Å². The van der Waals surface area contributed by atoms with Crippen LogP contribution in [0.4, 0.5) is 0 Å². The minimum Gasteiger partial charge on any atom is -0.111 e. The first kappa shape index (κ1) is 11.4. The molecule has 0 rings (SSSR count). The molecule has 0 radical (unpaired) electrons. The van der Waals surface area contributed by atoms with E-state index >= 15 is 0 Å². The van der Waals surface area contributed by atoms with Crippen LogP contribution in [0, 0.1) is 0 Å². The van der Waals surface area contributed by atoms with Crippen LogP contribution in [0.5, 0.6) is 0 Å². The fraction of sp³-hybridized carbons (Fsp3) is 1.00. The van der Waals surface area contributed by atoms with Gasteiger partial charge in [0.05, 0.1) is 0 Å². The van der Waals surface area contributed by atoms with Gasteiger partial charge >= 0.3 is 0 Å². The highest BCUT2D eigenvalue weighted by Gasteiger charge is 2.31. The third-order valence-corrected chi connectivity index (χ3v) is 15.7. The van der Waals surface area contributed by atoms with Crippen molar-refractivity contribution in [2.45, 2.75) is 18.8 Å². The number of halogens is 4. The van der Waals surface area contributed by atoms with E-state index in [-0.39, 0.29) is 0 Å². The molecule has 0 aliphatic heterocycles. The Morgan fingerprint density at radius 1 is 0.889 bits per heavy atom. The molecule has 6 heteroatoms. The van der Waals surface area contributed by atoms with Gasteiger partial charge in [0.25, 0.3) is 0 Å². The molecule has 0 amide bonds. The first-order valence-corrected chi connectivity index (χ1v) is 16.9. The smallest absolute Gasteiger partial charge is 0.111 e. The first-order chi connectivity index (χ1) is 3.71. The molecule has 0 nitrogen and oxygen atoms in total. The summed E-state index contributed by atoms with van der Waals surface area (Å²) in [7, 11) is 0. The summed E-state index contributed by atoms with van der Waals surface area (Å²) >= 11 is 14.6. The Bertz CT molecular complexity index is 79.0. The summed E-state index contributed by atoms with van der Waals surface area (Å²) in [6.45, 7) is 4.47. The zero-order valence-corrected chi connectivity index (χ0v) is 13.6. The molecular weight excluding hydrogens is 412 g/mol. The van der Waals surface area contributed by atoms with Gasteiger partial charge < -0.3 is 0 Å². The molecule has 0 spiro atoms. The first-order valence-electron chi connectivity index (χ1n) is 2.46. The summed E-state index contributed by atoms with van der Waals surface area (Å²) in [5.41, 5.74) is 1.24. The number of hydrogen-bond acceptors (Lipinski definition) is 0. The lowest BCUT2D eigenvalue weighted by Gasteiger charge is -2.17. The van der Waals surface area contributed by atoms with Gasteiger partial charge in [-0.15, -0.1) is 61.2 Å². The average Bonchev–Trinajstić information content (AvgIpc) is 1.14. The van der Waals surface area contributed by atoms with Gasteiger partial charge in [-0.2, -0.15) is 0 Å². The Hall–Kier alpha value is 2.35. The molecule has 0 unspecified atom stereocenters. The van der Waals surface area contributed by atoms with Gasteiger partial charge in [0.1, 0.15) is 0 Å². The average molecular weight is 420 g/mol. The summed E-state index contributed by atoms with van der Waals surface area (Å²) in [4.78, 5) is 0. The van der Waals surface area contributed by atoms with Crippen molar-refractivity contribution in [1.82, 2.24) is 0 Å². The molecule has 0 saturated heterocycles. The van der Waals surface area contributed by atoms with Gasteiger partial charge in [0.15, 0.2) is 10.6 Å². The van der Waals surface area contributed by atoms with Crippen molar-refractivity contribution in [1.29, 1.82) is 0 Å². The van der Waals surface area contributed by atoms with Crippen LogP contribution >= 0.6 is 61.2 Å². The van der Waals surface area contributed by atoms with Gasteiger partial charge in [-0.25, -0.2) is 0 Å². The second-order valence-electron chi connectivity index (χ2n) is 2.32. The molecule has 0 bridgehead atoms. The molecule has 0 aromatic rings. The molecule has 0 aromatic carbocycles. The fourth-order valence-electron chi connectivity index (χ4n) is 0.545. The lowest BCUT2D eigenvalue weighted by Crippen LogP contribution is -2.25. The maximum atomic E-state index is 3.64. The van der Waals surface area contributed by atoms with E-state index < -0.39 is 10.6 Å². The van der Waals surface area contributed by atoms with Crippen molar-refractivity contribution >= 4 is 71.8 Å². The van der Waals surface area contributed by atoms with Gasteiger partial charge in [-0.05, 0) is 5.67 Å². The van der Waals surface area contributed by atoms with Crippen LogP contribution in [0.1, 0.15) is 0 Å². The molecule has 0 heterocycles. The zero-order valence-electron chi connectivity index (χ0n) is 5.22. The molecule has 0 aliphatic rings. The van der Waals surface area contributed by atoms with E-state index in [0.717, 1.165) is 0 Å². The zero-order chi connectivity index (χ0) is 7.71. The summed E-state index contributed by atoms with van der Waals surface area (Å²) in [5, 5.41) is -2.40. The molecule has 0 fully saturated rings. The lowest BCUT2D eigenvalue weighted by atomic mass is 11.8. The van der Waals surface area contributed by atoms with Gasteiger partial charge in [-0.1, -0.05) is 13.1 Å². The summed E-state index contributed by atoms with van der Waals surface area (Å²) in [6.07, 6.45) is 0. The van der Waals surface area contributed by atoms with Crippen LogP contribution in [0.2, 0.25) is 18.8 Å². The van der Waals surface area contributed by atoms with E-state index in [0.29, 0.717) is 0 Å². The van der Waals surface area contributed by atoms with Crippen molar-refractivity contribution < 1.29 is 0 Å². The van der Waals surface area contributed by atoms with Crippen LogP contribution < -0.4 is 0 Å². The predicted octanol–water partition coefficient (Wildman–Crippen LogP) is 4.25. The number of hydrogen-bond donors (Lipinski definition) is 0. The molecule has 0 atom stereocenters. The molecule has 0 saturated carbocycles. The van der Waals surface area contributed by atoms with Crippen molar-refractivity contribution in [2.75, 3.05) is 0 Å². The summed E-state index contributed by atoms with van der Waals surface area (Å²) < 4.78 is 0. The van der Waals surface area contributed by atoms with Crippen molar-refractivity contribution in [3.8, 4) is 0 Å². The lowest BCUT2D eigenvalue weighted by molar-refractivity contribution is 1.86. The van der Waals surface area contributed by atoms with Crippen LogP contribution in [-0.4, -0.2) is 10.6 Å². The summed E-state index contributed by atoms with van der Waals surface area (Å²) in [5.74, 6) is 0. The van der Waals surface area contributed by atoms with Crippen LogP contribution in [0.25, 0.3) is 0 Å². The third-order valence-electron chi connectivity index (χ3n) is 0.621. The standard InChI is InChI=1S/C3H8Br4Si2/c1-8(4,5)3-9(2,6)7/h3H2,1-2H3. The predicted molar refractivity (Wildman–Crippen MR) is 63.8 cm³/mol. The fourth-order valence-corrected chi connectivity index (χ4v) is 38.6. The molecular formula is C3H8Br4Si2. The van der Waals surface area contributed by atoms with Crippen LogP contribution in [0.15, 0.2) is 0 Å². The van der Waals surface area contributed by atoms with Crippen molar-refractivity contribution in [3.05, 3.63) is 0 Å².